The first-order chi connectivity index (χ1) is 13.8. The maximum absolute atomic E-state index is 6.03. The van der Waals surface area contributed by atoms with E-state index in [-0.39, 0.29) is 0 Å². The van der Waals surface area contributed by atoms with E-state index in [1.54, 1.807) is 0 Å². The van der Waals surface area contributed by atoms with Gasteiger partial charge in [0.05, 0.1) is 0 Å². The molecule has 0 fully saturated rings. The van der Waals surface area contributed by atoms with Gasteiger partial charge in [0.25, 0.3) is 0 Å². The number of benzene rings is 3. The Bertz CT molecular complexity index is 777. The monoisotopic (exact) mass is 571 g/mol. The fourth-order valence-corrected chi connectivity index (χ4v) is 14.4. The van der Waals surface area contributed by atoms with Crippen LogP contribution in [0.4, 0.5) is 0 Å². The van der Waals surface area contributed by atoms with E-state index in [0.717, 1.165) is 17.2 Å². The van der Waals surface area contributed by atoms with Crippen LogP contribution in [0, 0.1) is 0 Å². The average Bonchev–Trinajstić information content (AvgIpc) is 2.72. The van der Waals surface area contributed by atoms with Crippen LogP contribution < -0.4 is 23.6 Å². The molecule has 4 heteroatoms. The molecule has 0 bridgehead atoms. The van der Waals surface area contributed by atoms with Crippen molar-refractivity contribution < 1.29 is 14.2 Å². The van der Waals surface area contributed by atoms with Crippen LogP contribution in [0.2, 0.25) is 0 Å². The summed E-state index contributed by atoms with van der Waals surface area (Å²) in [5, 5.41) is 0. The second-order valence-corrected chi connectivity index (χ2v) is 15.4. The molecule has 3 aromatic carbocycles. The van der Waals surface area contributed by atoms with Crippen molar-refractivity contribution in [2.24, 2.45) is 0 Å². The summed E-state index contributed by atoms with van der Waals surface area (Å²) in [4.78, 5) is 0. The Kier molecular flexibility index (Phi) is 7.77. The summed E-state index contributed by atoms with van der Waals surface area (Å²) in [6.07, 6.45) is 0. The molecule has 28 heavy (non-hydrogen) atoms. The predicted octanol–water partition coefficient (Wildman–Crippen LogP) is 3.40. The van der Waals surface area contributed by atoms with Crippen molar-refractivity contribution in [1.82, 2.24) is 0 Å². The Balaban J connectivity index is 2.25. The van der Waals surface area contributed by atoms with E-state index >= 15 is 0 Å². The molecule has 0 atom stereocenters. The molecule has 3 aromatic rings. The fourth-order valence-electron chi connectivity index (χ4n) is 3.30. The molecule has 0 heterocycles. The Morgan fingerprint density at radius 3 is 1.07 bits per heavy atom. The van der Waals surface area contributed by atoms with Gasteiger partial charge < -0.3 is 0 Å². The summed E-state index contributed by atoms with van der Waals surface area (Å²) in [5.74, 6) is 2.93. The minimum absolute atomic E-state index is 0.649. The van der Waals surface area contributed by atoms with Gasteiger partial charge in [-0.15, -0.1) is 0 Å². The van der Waals surface area contributed by atoms with Gasteiger partial charge in [-0.2, -0.15) is 0 Å². The molecule has 0 spiro atoms. The standard InChI is InChI=1S/3C8H9O.Pb/c3*1-2-9-8-6-4-3-5-7-8;/h3*3-6H,2H2,1H3;. The molecule has 145 valence electrons. The van der Waals surface area contributed by atoms with Crippen molar-refractivity contribution in [3.63, 3.8) is 0 Å². The van der Waals surface area contributed by atoms with Crippen molar-refractivity contribution in [3.8, 4) is 17.2 Å². The molecular weight excluding hydrogens is 543 g/mol. The summed E-state index contributed by atoms with van der Waals surface area (Å²) in [7, 11) is 0. The van der Waals surface area contributed by atoms with Gasteiger partial charge in [0.2, 0.25) is 0 Å². The van der Waals surface area contributed by atoms with Gasteiger partial charge in [-0.25, -0.2) is 0 Å². The molecule has 0 amide bonds. The minimum atomic E-state index is -2.88. The van der Waals surface area contributed by atoms with Crippen molar-refractivity contribution in [3.05, 3.63) is 72.8 Å². The molecule has 0 unspecified atom stereocenters. The summed E-state index contributed by atoms with van der Waals surface area (Å²) in [6, 6.07) is 25.3. The number of hydrogen-bond acceptors (Lipinski definition) is 3. The topological polar surface area (TPSA) is 27.7 Å². The van der Waals surface area contributed by atoms with Crippen LogP contribution in [0.3, 0.4) is 0 Å². The zero-order chi connectivity index (χ0) is 19.8. The quantitative estimate of drug-likeness (QED) is 0.370. The third kappa shape index (κ3) is 4.69. The van der Waals surface area contributed by atoms with Crippen LogP contribution in [0.5, 0.6) is 17.2 Å². The summed E-state index contributed by atoms with van der Waals surface area (Å²) >= 11 is -2.88. The van der Waals surface area contributed by atoms with Crippen LogP contribution in [0.15, 0.2) is 72.8 Å². The predicted molar refractivity (Wildman–Crippen MR) is 117 cm³/mol. The third-order valence-electron chi connectivity index (χ3n) is 4.37. The van der Waals surface area contributed by atoms with Crippen LogP contribution in [-0.2, 0) is 0 Å². The first-order valence-electron chi connectivity index (χ1n) is 9.83. The normalized spacial score (nSPS) is 10.7. The second kappa shape index (κ2) is 10.5. The van der Waals surface area contributed by atoms with Gasteiger partial charge in [-0.1, -0.05) is 0 Å². The van der Waals surface area contributed by atoms with Crippen LogP contribution in [0.25, 0.3) is 0 Å². The molecule has 3 rings (SSSR count). The fraction of sp³-hybridized carbons (Fsp3) is 0.250. The molecule has 0 saturated heterocycles. The third-order valence-corrected chi connectivity index (χ3v) is 15.5. The Labute approximate surface area is 176 Å². The van der Waals surface area contributed by atoms with E-state index in [9.17, 15) is 0 Å². The van der Waals surface area contributed by atoms with E-state index in [2.05, 4.69) is 54.6 Å². The Morgan fingerprint density at radius 1 is 0.500 bits per heavy atom. The Hall–Kier alpha value is -2.02. The molecule has 3 nitrogen and oxygen atoms in total. The van der Waals surface area contributed by atoms with Crippen molar-refractivity contribution in [2.45, 2.75) is 20.8 Å². The van der Waals surface area contributed by atoms with Crippen LogP contribution >= 0.6 is 0 Å². The molecule has 0 aliphatic rings. The van der Waals surface area contributed by atoms with Crippen molar-refractivity contribution >= 4 is 32.1 Å². The number of para-hydroxylation sites is 3. The first-order valence-corrected chi connectivity index (χ1v) is 15.7. The summed E-state index contributed by atoms with van der Waals surface area (Å²) in [6.45, 7) is 8.04. The van der Waals surface area contributed by atoms with Gasteiger partial charge in [0.15, 0.2) is 0 Å². The number of hydrogen-bond donors (Lipinski definition) is 0. The average molecular weight is 571 g/mol. The van der Waals surface area contributed by atoms with Gasteiger partial charge >= 0.3 is 177 Å². The second-order valence-electron chi connectivity index (χ2n) is 6.16. The molecule has 0 N–H and O–H groups in total. The number of ether oxygens (including phenoxy) is 3. The van der Waals surface area contributed by atoms with E-state index < -0.39 is 22.7 Å². The van der Waals surface area contributed by atoms with E-state index in [4.69, 9.17) is 14.2 Å². The van der Waals surface area contributed by atoms with Gasteiger partial charge in [0.1, 0.15) is 0 Å². The number of rotatable bonds is 9. The zero-order valence-corrected chi connectivity index (χ0v) is 20.7. The molecule has 1 radical (unpaired) electrons. The van der Waals surface area contributed by atoms with Gasteiger partial charge in [-0.05, 0) is 0 Å². The maximum atomic E-state index is 6.03. The Morgan fingerprint density at radius 2 is 0.786 bits per heavy atom. The summed E-state index contributed by atoms with van der Waals surface area (Å²) < 4.78 is 22.0. The molecular formula is C24H27O3Pb. The van der Waals surface area contributed by atoms with Crippen molar-refractivity contribution in [2.75, 3.05) is 19.8 Å². The molecule has 0 aliphatic carbocycles. The van der Waals surface area contributed by atoms with E-state index in [0.29, 0.717) is 19.8 Å². The molecule has 0 saturated carbocycles. The van der Waals surface area contributed by atoms with Crippen LogP contribution in [-0.4, -0.2) is 42.5 Å². The van der Waals surface area contributed by atoms with E-state index in [1.165, 1.54) is 9.37 Å². The van der Waals surface area contributed by atoms with Gasteiger partial charge in [0, 0.05) is 0 Å². The summed E-state index contributed by atoms with van der Waals surface area (Å²) in [5.41, 5.74) is 0. The van der Waals surface area contributed by atoms with Crippen molar-refractivity contribution in [1.29, 1.82) is 0 Å². The first kappa shape index (κ1) is 20.7. The zero-order valence-electron chi connectivity index (χ0n) is 16.8. The van der Waals surface area contributed by atoms with Crippen LogP contribution in [0.1, 0.15) is 20.8 Å². The molecule has 0 aromatic heterocycles. The van der Waals surface area contributed by atoms with Gasteiger partial charge in [-0.3, -0.25) is 0 Å². The SMILES string of the molecule is CCOc1cccc[c]1[Pb]([c]1ccccc1OCC)[c]1ccccc1OCC. The molecule has 0 aliphatic heterocycles. The van der Waals surface area contributed by atoms with E-state index in [1.807, 2.05) is 39.0 Å².